The molecule has 1 heterocycles. The first-order valence-corrected chi connectivity index (χ1v) is 8.04. The van der Waals surface area contributed by atoms with E-state index in [1.54, 1.807) is 0 Å². The van der Waals surface area contributed by atoms with Gasteiger partial charge in [-0.05, 0) is 13.5 Å². The fourth-order valence-electron chi connectivity index (χ4n) is 2.75. The van der Waals surface area contributed by atoms with Gasteiger partial charge in [0.25, 0.3) is 0 Å². The van der Waals surface area contributed by atoms with Gasteiger partial charge in [0.1, 0.15) is 0 Å². The maximum Gasteiger partial charge on any atom is 0.0868 e. The van der Waals surface area contributed by atoms with Gasteiger partial charge in [-0.25, -0.2) is 0 Å². The van der Waals surface area contributed by atoms with Crippen LogP contribution in [0.25, 0.3) is 0 Å². The Balaban J connectivity index is 2.07. The summed E-state index contributed by atoms with van der Waals surface area (Å²) < 4.78 is 5.83. The van der Waals surface area contributed by atoms with Gasteiger partial charge in [0, 0.05) is 19.1 Å². The van der Waals surface area contributed by atoms with Gasteiger partial charge in [-0.15, -0.1) is 0 Å². The van der Waals surface area contributed by atoms with Crippen LogP contribution in [0.2, 0.25) is 0 Å². The lowest BCUT2D eigenvalue weighted by Crippen LogP contribution is -2.53. The van der Waals surface area contributed by atoms with Gasteiger partial charge in [-0.2, -0.15) is 0 Å². The predicted octanol–water partition coefficient (Wildman–Crippen LogP) is 2.29. The van der Waals surface area contributed by atoms with Crippen LogP contribution in [0.15, 0.2) is 0 Å². The molecule has 0 aromatic carbocycles. The van der Waals surface area contributed by atoms with E-state index in [0.29, 0.717) is 6.04 Å². The van der Waals surface area contributed by atoms with Gasteiger partial charge in [0.15, 0.2) is 0 Å². The first-order valence-electron chi connectivity index (χ1n) is 8.04. The second-order valence-electron chi connectivity index (χ2n) is 5.85. The average molecular weight is 271 g/mol. The van der Waals surface area contributed by atoms with E-state index in [2.05, 4.69) is 24.3 Å². The zero-order valence-corrected chi connectivity index (χ0v) is 12.9. The van der Waals surface area contributed by atoms with Crippen LogP contribution in [0.3, 0.4) is 0 Å². The third kappa shape index (κ3) is 7.25. The van der Waals surface area contributed by atoms with Crippen LogP contribution < -0.4 is 11.3 Å². The molecule has 0 spiro atoms. The molecule has 0 radical (unpaired) electrons. The Bertz CT molecular complexity index is 214. The van der Waals surface area contributed by atoms with Crippen molar-refractivity contribution in [2.75, 3.05) is 26.7 Å². The minimum atomic E-state index is 0.254. The Labute approximate surface area is 119 Å². The van der Waals surface area contributed by atoms with E-state index in [9.17, 15) is 0 Å². The number of ether oxygens (including phenoxy) is 1. The summed E-state index contributed by atoms with van der Waals surface area (Å²) in [6.45, 7) is 5.12. The Hall–Kier alpha value is -0.160. The van der Waals surface area contributed by atoms with E-state index < -0.39 is 0 Å². The molecular weight excluding hydrogens is 238 g/mol. The molecule has 0 bridgehead atoms. The Kier molecular flexibility index (Phi) is 9.43. The molecule has 0 saturated carbocycles. The van der Waals surface area contributed by atoms with Crippen LogP contribution in [0.5, 0.6) is 0 Å². The Morgan fingerprint density at radius 1 is 1.21 bits per heavy atom. The van der Waals surface area contributed by atoms with Crippen LogP contribution in [-0.2, 0) is 4.74 Å². The highest BCUT2D eigenvalue weighted by Crippen LogP contribution is 2.14. The molecule has 1 aliphatic heterocycles. The van der Waals surface area contributed by atoms with Crippen molar-refractivity contribution in [3.8, 4) is 0 Å². The van der Waals surface area contributed by atoms with E-state index in [1.807, 2.05) is 0 Å². The van der Waals surface area contributed by atoms with Crippen LogP contribution in [0.1, 0.15) is 58.3 Å². The molecule has 0 amide bonds. The van der Waals surface area contributed by atoms with Gasteiger partial charge in [-0.1, -0.05) is 51.9 Å². The fraction of sp³-hybridized carbons (Fsp3) is 1.00. The van der Waals surface area contributed by atoms with Crippen molar-refractivity contribution in [2.45, 2.75) is 70.4 Å². The fourth-order valence-corrected chi connectivity index (χ4v) is 2.75. The molecule has 0 aromatic heterocycles. The largest absolute Gasteiger partial charge is 0.374 e. The van der Waals surface area contributed by atoms with Crippen molar-refractivity contribution < 1.29 is 4.74 Å². The molecule has 114 valence electrons. The molecular formula is C15H33N3O. The van der Waals surface area contributed by atoms with Crippen LogP contribution in [0.4, 0.5) is 0 Å². The van der Waals surface area contributed by atoms with E-state index >= 15 is 0 Å². The SMILES string of the molecule is CCCCCCCCCC(NN)C1CN(C)CCO1. The molecule has 0 aromatic rings. The van der Waals surface area contributed by atoms with Crippen LogP contribution >= 0.6 is 0 Å². The molecule has 1 rings (SSSR count). The Morgan fingerprint density at radius 2 is 1.89 bits per heavy atom. The molecule has 0 aliphatic carbocycles. The summed E-state index contributed by atoms with van der Waals surface area (Å²) in [7, 11) is 2.15. The zero-order chi connectivity index (χ0) is 13.9. The number of rotatable bonds is 10. The summed E-state index contributed by atoms with van der Waals surface area (Å²) in [5.74, 6) is 5.68. The second kappa shape index (κ2) is 10.6. The second-order valence-corrected chi connectivity index (χ2v) is 5.85. The number of hydrogen-bond donors (Lipinski definition) is 2. The summed E-state index contributed by atoms with van der Waals surface area (Å²) in [6, 6.07) is 0.304. The quantitative estimate of drug-likeness (QED) is 0.364. The van der Waals surface area contributed by atoms with E-state index in [4.69, 9.17) is 10.6 Å². The lowest BCUT2D eigenvalue weighted by atomic mass is 10.0. The molecule has 1 saturated heterocycles. The van der Waals surface area contributed by atoms with Crippen molar-refractivity contribution in [1.82, 2.24) is 10.3 Å². The van der Waals surface area contributed by atoms with Gasteiger partial charge >= 0.3 is 0 Å². The van der Waals surface area contributed by atoms with Crippen molar-refractivity contribution in [1.29, 1.82) is 0 Å². The normalized spacial score (nSPS) is 22.6. The molecule has 1 fully saturated rings. The average Bonchev–Trinajstić information content (AvgIpc) is 2.42. The first kappa shape index (κ1) is 16.9. The van der Waals surface area contributed by atoms with E-state index in [-0.39, 0.29) is 6.10 Å². The molecule has 19 heavy (non-hydrogen) atoms. The number of nitrogens with zero attached hydrogens (tertiary/aromatic N) is 1. The molecule has 4 heteroatoms. The Morgan fingerprint density at radius 3 is 2.53 bits per heavy atom. The maximum absolute atomic E-state index is 5.83. The van der Waals surface area contributed by atoms with Gasteiger partial charge < -0.3 is 9.64 Å². The number of likely N-dealkylation sites (N-methyl/N-ethyl adjacent to an activating group) is 1. The van der Waals surface area contributed by atoms with E-state index in [1.165, 1.54) is 44.9 Å². The minimum Gasteiger partial charge on any atom is -0.374 e. The van der Waals surface area contributed by atoms with Crippen molar-refractivity contribution in [3.63, 3.8) is 0 Å². The number of hydrogen-bond acceptors (Lipinski definition) is 4. The minimum absolute atomic E-state index is 0.254. The predicted molar refractivity (Wildman–Crippen MR) is 81.0 cm³/mol. The highest BCUT2D eigenvalue weighted by Gasteiger charge is 2.25. The molecule has 1 aliphatic rings. The standard InChI is InChI=1S/C15H33N3O/c1-3-4-5-6-7-8-9-10-14(17-16)15-13-18(2)11-12-19-15/h14-15,17H,3-13,16H2,1-2H3. The number of morpholine rings is 1. The number of nitrogens with one attached hydrogen (secondary N) is 1. The maximum atomic E-state index is 5.83. The highest BCUT2D eigenvalue weighted by molar-refractivity contribution is 4.80. The third-order valence-corrected chi connectivity index (χ3v) is 4.08. The molecule has 3 N–H and O–H groups in total. The lowest BCUT2D eigenvalue weighted by molar-refractivity contribution is -0.0402. The monoisotopic (exact) mass is 271 g/mol. The lowest BCUT2D eigenvalue weighted by Gasteiger charge is -2.34. The van der Waals surface area contributed by atoms with Crippen LogP contribution in [-0.4, -0.2) is 43.8 Å². The molecule has 2 atom stereocenters. The number of hydrazine groups is 1. The summed E-state index contributed by atoms with van der Waals surface area (Å²) in [6.07, 6.45) is 10.8. The number of unbranched alkanes of at least 4 members (excludes halogenated alkanes) is 6. The molecule has 4 nitrogen and oxygen atoms in total. The van der Waals surface area contributed by atoms with Crippen molar-refractivity contribution in [2.24, 2.45) is 5.84 Å². The highest BCUT2D eigenvalue weighted by atomic mass is 16.5. The number of nitrogens with two attached hydrogens (primary N) is 1. The summed E-state index contributed by atoms with van der Waals surface area (Å²) >= 11 is 0. The summed E-state index contributed by atoms with van der Waals surface area (Å²) in [4.78, 5) is 2.32. The topological polar surface area (TPSA) is 50.5 Å². The first-order chi connectivity index (χ1) is 9.27. The molecule has 2 unspecified atom stereocenters. The van der Waals surface area contributed by atoms with Crippen molar-refractivity contribution in [3.05, 3.63) is 0 Å². The van der Waals surface area contributed by atoms with Gasteiger partial charge in [0.05, 0.1) is 12.7 Å². The zero-order valence-electron chi connectivity index (χ0n) is 12.9. The van der Waals surface area contributed by atoms with Gasteiger partial charge in [0.2, 0.25) is 0 Å². The van der Waals surface area contributed by atoms with Crippen LogP contribution in [0, 0.1) is 0 Å². The van der Waals surface area contributed by atoms with E-state index in [0.717, 1.165) is 26.1 Å². The van der Waals surface area contributed by atoms with Crippen molar-refractivity contribution >= 4 is 0 Å². The third-order valence-electron chi connectivity index (χ3n) is 4.08. The summed E-state index contributed by atoms with van der Waals surface area (Å²) in [5.41, 5.74) is 2.95. The van der Waals surface area contributed by atoms with Gasteiger partial charge in [-0.3, -0.25) is 11.3 Å². The smallest absolute Gasteiger partial charge is 0.0868 e. The summed E-state index contributed by atoms with van der Waals surface area (Å²) in [5, 5.41) is 0.